The van der Waals surface area contributed by atoms with Gasteiger partial charge in [-0.3, -0.25) is 4.79 Å². The van der Waals surface area contributed by atoms with Gasteiger partial charge in [-0.25, -0.2) is 4.79 Å². The minimum absolute atomic E-state index is 0.0688. The van der Waals surface area contributed by atoms with Crippen molar-refractivity contribution in [3.8, 4) is 5.75 Å². The van der Waals surface area contributed by atoms with Gasteiger partial charge in [-0.05, 0) is 17.7 Å². The van der Waals surface area contributed by atoms with Gasteiger partial charge in [-0.15, -0.1) is 0 Å². The lowest BCUT2D eigenvalue weighted by Gasteiger charge is -2.26. The van der Waals surface area contributed by atoms with Gasteiger partial charge in [-0.2, -0.15) is 0 Å². The molecular formula is C12H15N3O3. The summed E-state index contributed by atoms with van der Waals surface area (Å²) in [5.41, 5.74) is 1.63. The number of fused-ring (bicyclic) bond motifs is 1. The molecule has 0 aliphatic carbocycles. The average Bonchev–Trinajstić information content (AvgIpc) is 2.40. The zero-order valence-electron chi connectivity index (χ0n) is 10.3. The highest BCUT2D eigenvalue weighted by Gasteiger charge is 2.22. The van der Waals surface area contributed by atoms with E-state index in [9.17, 15) is 9.59 Å². The minimum atomic E-state index is -0.242. The lowest BCUT2D eigenvalue weighted by molar-refractivity contribution is -0.120. The molecule has 6 heteroatoms. The van der Waals surface area contributed by atoms with Crippen molar-refractivity contribution in [2.75, 3.05) is 25.6 Å². The Morgan fingerprint density at radius 3 is 3.00 bits per heavy atom. The van der Waals surface area contributed by atoms with Gasteiger partial charge in [0.2, 0.25) is 0 Å². The summed E-state index contributed by atoms with van der Waals surface area (Å²) in [4.78, 5) is 24.1. The SMILES string of the molecule is CNC(=O)NCc1ccc2c(c1)N(C)C(=O)CO2. The smallest absolute Gasteiger partial charge is 0.314 e. The Bertz CT molecular complexity index is 487. The lowest BCUT2D eigenvalue weighted by atomic mass is 10.1. The first-order chi connectivity index (χ1) is 8.61. The molecular weight excluding hydrogens is 234 g/mol. The number of nitrogens with one attached hydrogen (secondary N) is 2. The summed E-state index contributed by atoms with van der Waals surface area (Å²) in [7, 11) is 3.27. The topological polar surface area (TPSA) is 70.7 Å². The monoisotopic (exact) mass is 249 g/mol. The number of urea groups is 1. The fraction of sp³-hybridized carbons (Fsp3) is 0.333. The highest BCUT2D eigenvalue weighted by molar-refractivity contribution is 5.97. The molecule has 0 fully saturated rings. The molecule has 1 aliphatic rings. The van der Waals surface area contributed by atoms with Gasteiger partial charge in [-0.1, -0.05) is 6.07 Å². The first kappa shape index (κ1) is 12.2. The van der Waals surface area contributed by atoms with Gasteiger partial charge < -0.3 is 20.3 Å². The molecule has 18 heavy (non-hydrogen) atoms. The van der Waals surface area contributed by atoms with Gasteiger partial charge in [0, 0.05) is 20.6 Å². The van der Waals surface area contributed by atoms with Crippen LogP contribution < -0.4 is 20.3 Å². The van der Waals surface area contributed by atoms with E-state index in [1.54, 1.807) is 25.1 Å². The Labute approximate surface area is 105 Å². The van der Waals surface area contributed by atoms with Crippen molar-refractivity contribution >= 4 is 17.6 Å². The highest BCUT2D eigenvalue weighted by Crippen LogP contribution is 2.31. The molecule has 1 aliphatic heterocycles. The zero-order chi connectivity index (χ0) is 13.1. The quantitative estimate of drug-likeness (QED) is 0.800. The van der Waals surface area contributed by atoms with Crippen LogP contribution in [0.2, 0.25) is 0 Å². The van der Waals surface area contributed by atoms with Gasteiger partial charge in [0.25, 0.3) is 5.91 Å². The summed E-state index contributed by atoms with van der Waals surface area (Å²) in [6.07, 6.45) is 0. The number of carbonyl (C=O) groups excluding carboxylic acids is 2. The van der Waals surface area contributed by atoms with Crippen LogP contribution in [0.15, 0.2) is 18.2 Å². The fourth-order valence-electron chi connectivity index (χ4n) is 1.70. The number of hydrogen-bond acceptors (Lipinski definition) is 3. The van der Waals surface area contributed by atoms with Crippen molar-refractivity contribution < 1.29 is 14.3 Å². The molecule has 0 bridgehead atoms. The molecule has 0 spiro atoms. The van der Waals surface area contributed by atoms with Crippen LogP contribution in [-0.4, -0.2) is 32.6 Å². The van der Waals surface area contributed by atoms with Crippen LogP contribution in [0.4, 0.5) is 10.5 Å². The lowest BCUT2D eigenvalue weighted by Crippen LogP contribution is -2.35. The Hall–Kier alpha value is -2.24. The van der Waals surface area contributed by atoms with Crippen molar-refractivity contribution in [1.29, 1.82) is 0 Å². The normalized spacial score (nSPS) is 13.7. The number of hydrogen-bond donors (Lipinski definition) is 2. The molecule has 0 saturated heterocycles. The molecule has 3 amide bonds. The first-order valence-corrected chi connectivity index (χ1v) is 5.59. The molecule has 1 heterocycles. The molecule has 0 radical (unpaired) electrons. The van der Waals surface area contributed by atoms with Crippen molar-refractivity contribution in [3.63, 3.8) is 0 Å². The van der Waals surface area contributed by atoms with E-state index in [2.05, 4.69) is 10.6 Å². The molecule has 1 aromatic carbocycles. The number of rotatable bonds is 2. The predicted molar refractivity (Wildman–Crippen MR) is 66.6 cm³/mol. The van der Waals surface area contributed by atoms with E-state index in [-0.39, 0.29) is 18.5 Å². The van der Waals surface area contributed by atoms with Crippen molar-refractivity contribution in [2.45, 2.75) is 6.54 Å². The number of anilines is 1. The maximum absolute atomic E-state index is 11.5. The van der Waals surface area contributed by atoms with E-state index in [1.165, 1.54) is 0 Å². The second kappa shape index (κ2) is 4.95. The Morgan fingerprint density at radius 1 is 1.50 bits per heavy atom. The van der Waals surface area contributed by atoms with Crippen molar-refractivity contribution in [3.05, 3.63) is 23.8 Å². The Morgan fingerprint density at radius 2 is 2.28 bits per heavy atom. The minimum Gasteiger partial charge on any atom is -0.482 e. The van der Waals surface area contributed by atoms with Crippen LogP contribution >= 0.6 is 0 Å². The van der Waals surface area contributed by atoms with Crippen molar-refractivity contribution in [2.24, 2.45) is 0 Å². The van der Waals surface area contributed by atoms with E-state index in [0.29, 0.717) is 12.3 Å². The number of carbonyl (C=O) groups is 2. The van der Waals surface area contributed by atoms with E-state index in [1.807, 2.05) is 12.1 Å². The van der Waals surface area contributed by atoms with Crippen LogP contribution in [-0.2, 0) is 11.3 Å². The van der Waals surface area contributed by atoms with Crippen LogP contribution in [0, 0.1) is 0 Å². The molecule has 6 nitrogen and oxygen atoms in total. The van der Waals surface area contributed by atoms with Crippen LogP contribution in [0.3, 0.4) is 0 Å². The Kier molecular flexibility index (Phi) is 3.36. The number of benzene rings is 1. The highest BCUT2D eigenvalue weighted by atomic mass is 16.5. The first-order valence-electron chi connectivity index (χ1n) is 5.59. The number of likely N-dealkylation sites (N-methyl/N-ethyl adjacent to an activating group) is 1. The molecule has 2 N–H and O–H groups in total. The summed E-state index contributed by atoms with van der Waals surface area (Å²) in [5, 5.41) is 5.16. The fourth-order valence-corrected chi connectivity index (χ4v) is 1.70. The summed E-state index contributed by atoms with van der Waals surface area (Å²) in [6.45, 7) is 0.467. The summed E-state index contributed by atoms with van der Waals surface area (Å²) >= 11 is 0. The number of nitrogens with zero attached hydrogens (tertiary/aromatic N) is 1. The maximum Gasteiger partial charge on any atom is 0.314 e. The summed E-state index contributed by atoms with van der Waals surface area (Å²) in [5.74, 6) is 0.597. The molecule has 0 aromatic heterocycles. The average molecular weight is 249 g/mol. The van der Waals surface area contributed by atoms with Gasteiger partial charge in [0.1, 0.15) is 5.75 Å². The standard InChI is InChI=1S/C12H15N3O3/c1-13-12(17)14-6-8-3-4-10-9(5-8)15(2)11(16)7-18-10/h3-5H,6-7H2,1-2H3,(H2,13,14,17). The third-order valence-electron chi connectivity index (χ3n) is 2.79. The maximum atomic E-state index is 11.5. The molecule has 1 aromatic rings. The van der Waals surface area contributed by atoms with Crippen LogP contribution in [0.1, 0.15) is 5.56 Å². The third kappa shape index (κ3) is 2.37. The van der Waals surface area contributed by atoms with Crippen molar-refractivity contribution in [1.82, 2.24) is 10.6 Å². The van der Waals surface area contributed by atoms with Gasteiger partial charge in [0.15, 0.2) is 6.61 Å². The van der Waals surface area contributed by atoms with Gasteiger partial charge in [0.05, 0.1) is 5.69 Å². The molecule has 0 atom stereocenters. The van der Waals surface area contributed by atoms with Crippen LogP contribution in [0.25, 0.3) is 0 Å². The van der Waals surface area contributed by atoms with E-state index in [0.717, 1.165) is 11.3 Å². The largest absolute Gasteiger partial charge is 0.482 e. The number of ether oxygens (including phenoxy) is 1. The molecule has 2 rings (SSSR count). The summed E-state index contributed by atoms with van der Waals surface area (Å²) < 4.78 is 5.32. The third-order valence-corrected chi connectivity index (χ3v) is 2.79. The molecule has 0 saturated carbocycles. The zero-order valence-corrected chi connectivity index (χ0v) is 10.3. The molecule has 96 valence electrons. The predicted octanol–water partition coefficient (Wildman–Crippen LogP) is 0.471. The summed E-state index contributed by atoms with van der Waals surface area (Å²) in [6, 6.07) is 5.26. The van der Waals surface area contributed by atoms with Gasteiger partial charge >= 0.3 is 6.03 Å². The van der Waals surface area contributed by atoms with E-state index >= 15 is 0 Å². The second-order valence-electron chi connectivity index (χ2n) is 3.98. The molecule has 0 unspecified atom stereocenters. The second-order valence-corrected chi connectivity index (χ2v) is 3.98. The van der Waals surface area contributed by atoms with Crippen LogP contribution in [0.5, 0.6) is 5.75 Å². The van der Waals surface area contributed by atoms with E-state index in [4.69, 9.17) is 4.74 Å². The number of amides is 3. The van der Waals surface area contributed by atoms with E-state index < -0.39 is 0 Å². The Balaban J connectivity index is 2.16.